The summed E-state index contributed by atoms with van der Waals surface area (Å²) in [5, 5.41) is 155. The lowest BCUT2D eigenvalue weighted by Gasteiger charge is -2.52. The van der Waals surface area contributed by atoms with Crippen LogP contribution in [0.4, 0.5) is 4.79 Å². The van der Waals surface area contributed by atoms with Crippen LogP contribution in [0.25, 0.3) is 0 Å². The van der Waals surface area contributed by atoms with Gasteiger partial charge >= 0.3 is 12.0 Å². The van der Waals surface area contributed by atoms with Crippen LogP contribution in [0.5, 0.6) is 0 Å². The molecule has 6 fully saturated rings. The van der Waals surface area contributed by atoms with Gasteiger partial charge < -0.3 is 131 Å². The number of aliphatic hydroxyl groups is 12. The highest BCUT2D eigenvalue weighted by molar-refractivity contribution is 8.00. The highest BCUT2D eigenvalue weighted by Gasteiger charge is 2.61. The molecular weight excluding hydrogens is 1110 g/mol. The van der Waals surface area contributed by atoms with Crippen molar-refractivity contribution in [3.63, 3.8) is 0 Å². The fraction of sp³-hybridized carbons (Fsp3) is 0.898. The first-order valence-corrected chi connectivity index (χ1v) is 28.5. The number of amides is 5. The number of carbonyl (C=O) groups is 5. The van der Waals surface area contributed by atoms with Gasteiger partial charge in [0.15, 0.2) is 18.9 Å². The molecule has 81 heavy (non-hydrogen) atoms. The van der Waals surface area contributed by atoms with E-state index in [0.29, 0.717) is 31.1 Å². The van der Waals surface area contributed by atoms with Crippen LogP contribution in [0.3, 0.4) is 0 Å². The van der Waals surface area contributed by atoms with Crippen molar-refractivity contribution >= 4 is 41.5 Å². The van der Waals surface area contributed by atoms with Gasteiger partial charge in [0.2, 0.25) is 17.7 Å². The monoisotopic (exact) mass is 1190 g/mol. The van der Waals surface area contributed by atoms with Crippen molar-refractivity contribution in [1.82, 2.24) is 26.6 Å². The molecule has 0 saturated carbocycles. The van der Waals surface area contributed by atoms with Crippen LogP contribution in [-0.4, -0.2) is 287 Å². The van der Waals surface area contributed by atoms with E-state index in [1.807, 2.05) is 11.8 Å². The number of aliphatic carboxylic acids is 1. The average molecular weight is 1190 g/mol. The van der Waals surface area contributed by atoms with Crippen LogP contribution in [0.15, 0.2) is 0 Å². The number of ether oxygens (including phenoxy) is 8. The molecule has 18 N–H and O–H groups in total. The first-order valence-electron chi connectivity index (χ1n) is 27.4. The molecule has 31 nitrogen and oxygen atoms in total. The number of urea groups is 1. The van der Waals surface area contributed by atoms with Crippen molar-refractivity contribution in [1.29, 1.82) is 0 Å². The largest absolute Gasteiger partial charge is 0.477 e. The quantitative estimate of drug-likeness (QED) is 0.0235. The molecule has 6 aliphatic rings. The zero-order valence-electron chi connectivity index (χ0n) is 45.0. The maximum Gasteiger partial charge on any atom is 0.364 e. The molecule has 6 aliphatic heterocycles. The van der Waals surface area contributed by atoms with E-state index in [-0.39, 0.29) is 30.6 Å². The topological polar surface area (TPSA) is 482 Å². The maximum atomic E-state index is 13.4. The van der Waals surface area contributed by atoms with Gasteiger partial charge in [0.1, 0.15) is 91.5 Å². The number of carbonyl (C=O) groups excluding carboxylic acids is 4. The lowest BCUT2D eigenvalue weighted by Crippen LogP contribution is -2.72. The Balaban J connectivity index is 1.07. The van der Waals surface area contributed by atoms with E-state index < -0.39 is 179 Å². The van der Waals surface area contributed by atoms with Crippen LogP contribution >= 0.6 is 11.8 Å². The molecule has 5 amide bonds. The van der Waals surface area contributed by atoms with Crippen molar-refractivity contribution in [2.45, 2.75) is 230 Å². The molecule has 6 rings (SSSR count). The van der Waals surface area contributed by atoms with E-state index in [1.165, 1.54) is 0 Å². The smallest absolute Gasteiger partial charge is 0.364 e. The molecule has 6 heterocycles. The van der Waals surface area contributed by atoms with Gasteiger partial charge in [0, 0.05) is 50.8 Å². The number of aliphatic hydroxyl groups excluding tert-OH is 12. The lowest BCUT2D eigenvalue weighted by atomic mass is 9.88. The van der Waals surface area contributed by atoms with Gasteiger partial charge in [-0.3, -0.25) is 14.4 Å². The Morgan fingerprint density at radius 2 is 1.32 bits per heavy atom. The second-order valence-electron chi connectivity index (χ2n) is 21.2. The molecule has 0 radical (unpaired) electrons. The summed E-state index contributed by atoms with van der Waals surface area (Å²) < 4.78 is 47.1. The number of unbranched alkanes of at least 4 members (excludes halogenated alkanes) is 6. The van der Waals surface area contributed by atoms with Gasteiger partial charge in [0.25, 0.3) is 5.79 Å². The summed E-state index contributed by atoms with van der Waals surface area (Å²) in [7, 11) is 0. The fourth-order valence-electron chi connectivity index (χ4n) is 10.9. The molecule has 0 aromatic heterocycles. The first-order chi connectivity index (χ1) is 38.6. The Morgan fingerprint density at radius 3 is 1.98 bits per heavy atom. The highest BCUT2D eigenvalue weighted by atomic mass is 32.2. The van der Waals surface area contributed by atoms with Crippen molar-refractivity contribution in [3.05, 3.63) is 0 Å². The minimum atomic E-state index is -3.24. The molecule has 0 aliphatic carbocycles. The Morgan fingerprint density at radius 1 is 0.704 bits per heavy atom. The Hall–Kier alpha value is -3.30. The van der Waals surface area contributed by atoms with Gasteiger partial charge in [-0.05, 0) is 25.7 Å². The van der Waals surface area contributed by atoms with Crippen LogP contribution in [0, 0.1) is 0 Å². The number of thioether (sulfide) groups is 1. The van der Waals surface area contributed by atoms with Gasteiger partial charge in [-0.2, -0.15) is 11.8 Å². The van der Waals surface area contributed by atoms with Crippen molar-refractivity contribution in [3.8, 4) is 0 Å². The summed E-state index contributed by atoms with van der Waals surface area (Å²) in [5.74, 6) is -6.04. The SMILES string of the molecule is CC(=O)N[C@H]1[C@H](O[C@@H]2[C@H](O[C@@]3(C(=O)O)C[C@H](O)[C@@H](NC(C)=O)[C@H]([C@H](O)[C@H](O)CO)O3)[C@@H](O)[C@H](O[C@H]3[C@H](O)[C@@H](O)[C@H](OCCCCCCCCNC(=O)CCCC[C@@H]4SC[C@@H]5NC(=O)N[C@@H]54)O[C@@H]3CO)O[C@@H]2CO)O[C@H](CO)[C@H](O)[C@@H]1O. The highest BCUT2D eigenvalue weighted by Crippen LogP contribution is 2.40. The third-order valence-electron chi connectivity index (χ3n) is 15.2. The predicted octanol–water partition coefficient (Wildman–Crippen LogP) is -7.05. The minimum Gasteiger partial charge on any atom is -0.477 e. The summed E-state index contributed by atoms with van der Waals surface area (Å²) in [5.41, 5.74) is 0. The third kappa shape index (κ3) is 17.0. The van der Waals surface area contributed by atoms with Gasteiger partial charge in [-0.1, -0.05) is 32.1 Å². The summed E-state index contributed by atoms with van der Waals surface area (Å²) in [6.07, 6.45) is -28.8. The van der Waals surface area contributed by atoms with Crippen molar-refractivity contribution in [2.24, 2.45) is 0 Å². The van der Waals surface area contributed by atoms with Gasteiger partial charge in [-0.15, -0.1) is 0 Å². The number of carboxylic acids is 1. The van der Waals surface area contributed by atoms with Gasteiger partial charge in [0.05, 0.1) is 50.7 Å². The summed E-state index contributed by atoms with van der Waals surface area (Å²) in [6, 6.07) is -3.18. The zero-order chi connectivity index (χ0) is 59.3. The Kier molecular flexibility index (Phi) is 25.7. The molecule has 0 unspecified atom stereocenters. The van der Waals surface area contributed by atoms with Crippen LogP contribution in [-0.2, 0) is 57.1 Å². The van der Waals surface area contributed by atoms with Crippen LogP contribution in [0.1, 0.15) is 84.5 Å². The first kappa shape index (κ1) is 66.8. The summed E-state index contributed by atoms with van der Waals surface area (Å²) >= 11 is 1.85. The van der Waals surface area contributed by atoms with E-state index >= 15 is 0 Å². The van der Waals surface area contributed by atoms with Crippen molar-refractivity contribution < 1.29 is 128 Å². The van der Waals surface area contributed by atoms with Gasteiger partial charge in [-0.25, -0.2) is 9.59 Å². The van der Waals surface area contributed by atoms with E-state index in [9.17, 15) is 90.4 Å². The Labute approximate surface area is 470 Å². The van der Waals surface area contributed by atoms with E-state index in [4.69, 9.17) is 37.9 Å². The van der Waals surface area contributed by atoms with E-state index in [0.717, 1.165) is 64.5 Å². The van der Waals surface area contributed by atoms with Crippen LogP contribution in [0.2, 0.25) is 0 Å². The predicted molar refractivity (Wildman–Crippen MR) is 273 cm³/mol. The van der Waals surface area contributed by atoms with Crippen molar-refractivity contribution in [2.75, 3.05) is 45.3 Å². The minimum absolute atomic E-state index is 0.000300. The van der Waals surface area contributed by atoms with E-state index in [1.54, 1.807) is 0 Å². The molecule has 6 saturated heterocycles. The molecule has 0 aromatic carbocycles. The standard InChI is InChI=1S/C49H83N5O26S/c1-21(59)51-32-24(61)15-49(47(70)71,79-42(32)34(64)25(62)16-55)80-43-39(69)46(76-28(19-58)41(43)78-44-33(52-22(2)60)36(66)35(65)26(17-56)74-44)77-40-27(18-57)75-45(38(68)37(40)67)73-14-10-6-4-3-5-9-13-50-30(63)12-8-7-11-29-31-23(20-81-29)53-48(72)54-31/h23-29,31-46,55-58,61-62,64-69H,3-20H2,1-2H3,(H,50,63)(H,51,59)(H,52,60)(H,70,71)(H2,53,54,72)/t23-,24-,25+,26+,27+,28+,29-,31-,32+,33+,34+,35-,36+,37+,38+,39+,40+,41-,42+,43+,44-,45+,46-,49+/m0/s1. The second kappa shape index (κ2) is 31.2. The normalized spacial score (nSPS) is 39.4. The maximum absolute atomic E-state index is 13.4. The molecule has 0 spiro atoms. The van der Waals surface area contributed by atoms with Crippen LogP contribution < -0.4 is 26.6 Å². The number of carboxylic acid groups (broad SMARTS) is 1. The molecule has 32 heteroatoms. The zero-order valence-corrected chi connectivity index (χ0v) is 45.9. The second-order valence-corrected chi connectivity index (χ2v) is 22.5. The molecule has 466 valence electrons. The molecule has 0 bridgehead atoms. The number of hydrogen-bond donors (Lipinski definition) is 18. The fourth-order valence-corrected chi connectivity index (χ4v) is 12.4. The molecular formula is C49H83N5O26S. The third-order valence-corrected chi connectivity index (χ3v) is 16.7. The molecule has 24 atom stereocenters. The average Bonchev–Trinajstić information content (AvgIpc) is 4.00. The summed E-state index contributed by atoms with van der Waals surface area (Å²) in [6.45, 7) is -1.46. The number of nitrogens with one attached hydrogen (secondary N) is 5. The molecule has 0 aromatic rings. The lowest BCUT2D eigenvalue weighted by molar-refractivity contribution is -0.400. The Bertz CT molecular complexity index is 2030. The number of rotatable bonds is 30. The number of fused-ring (bicyclic) bond motifs is 1. The summed E-state index contributed by atoms with van der Waals surface area (Å²) in [4.78, 5) is 61.9. The number of hydrogen-bond acceptors (Lipinski definition) is 26. The van der Waals surface area contributed by atoms with E-state index in [2.05, 4.69) is 26.6 Å².